The largest absolute Gasteiger partial charge is 0.395 e. The first kappa shape index (κ1) is 18.0. The highest BCUT2D eigenvalue weighted by molar-refractivity contribution is 6.31. The zero-order chi connectivity index (χ0) is 17.8. The van der Waals surface area contributed by atoms with Gasteiger partial charge in [-0.1, -0.05) is 11.6 Å². The Morgan fingerprint density at radius 1 is 1.48 bits per heavy atom. The van der Waals surface area contributed by atoms with Crippen molar-refractivity contribution in [3.05, 3.63) is 29.0 Å². The number of H-pyrrole nitrogens is 1. The minimum atomic E-state index is -0.0981. The summed E-state index contributed by atoms with van der Waals surface area (Å²) in [6, 6.07) is 5.57. The second kappa shape index (κ2) is 8.03. The van der Waals surface area contributed by atoms with Crippen molar-refractivity contribution in [1.29, 1.82) is 0 Å². The van der Waals surface area contributed by atoms with E-state index in [1.54, 1.807) is 18.0 Å². The molecule has 2 aromatic rings. The number of aromatic nitrogens is 2. The number of urea groups is 1. The van der Waals surface area contributed by atoms with Crippen molar-refractivity contribution in [2.24, 2.45) is 0 Å². The van der Waals surface area contributed by atoms with Gasteiger partial charge in [0, 0.05) is 37.7 Å². The zero-order valence-electron chi connectivity index (χ0n) is 14.3. The smallest absolute Gasteiger partial charge is 0.317 e. The van der Waals surface area contributed by atoms with Crippen LogP contribution in [0.5, 0.6) is 0 Å². The summed E-state index contributed by atoms with van der Waals surface area (Å²) in [6.07, 6.45) is 1.81. The van der Waals surface area contributed by atoms with Gasteiger partial charge in [0.05, 0.1) is 24.2 Å². The van der Waals surface area contributed by atoms with Crippen LogP contribution in [0.4, 0.5) is 4.79 Å². The fraction of sp³-hybridized carbons (Fsp3) is 0.529. The summed E-state index contributed by atoms with van der Waals surface area (Å²) < 4.78 is 0. The molecule has 1 saturated heterocycles. The summed E-state index contributed by atoms with van der Waals surface area (Å²) >= 11 is 5.98. The average Bonchev–Trinajstić information content (AvgIpc) is 2.98. The van der Waals surface area contributed by atoms with Crippen LogP contribution in [0.2, 0.25) is 5.02 Å². The van der Waals surface area contributed by atoms with Gasteiger partial charge in [-0.2, -0.15) is 0 Å². The highest BCUT2D eigenvalue weighted by Gasteiger charge is 2.22. The van der Waals surface area contributed by atoms with E-state index >= 15 is 0 Å². The number of aliphatic hydroxyl groups excluding tert-OH is 1. The molecule has 136 valence electrons. The number of aromatic amines is 1. The minimum Gasteiger partial charge on any atom is -0.395 e. The van der Waals surface area contributed by atoms with E-state index in [2.05, 4.69) is 20.2 Å². The standard InChI is InChI=1S/C17H24ClN5O2/c1-22(11-16-20-14-3-2-12(18)10-15(14)21-16)17(25)19-13-4-6-23(7-5-13)8-9-24/h2-3,10,13,24H,4-9,11H2,1H3,(H,19,25)(H,20,21). The lowest BCUT2D eigenvalue weighted by Gasteiger charge is -2.32. The number of benzene rings is 1. The Labute approximate surface area is 152 Å². The van der Waals surface area contributed by atoms with Crippen LogP contribution in [0.3, 0.4) is 0 Å². The van der Waals surface area contributed by atoms with Crippen LogP contribution in [-0.4, -0.2) is 70.2 Å². The van der Waals surface area contributed by atoms with Crippen molar-refractivity contribution in [2.75, 3.05) is 33.3 Å². The molecule has 7 nitrogen and oxygen atoms in total. The molecule has 1 aromatic heterocycles. The number of nitrogens with one attached hydrogen (secondary N) is 2. The molecular formula is C17H24ClN5O2. The molecule has 1 aliphatic rings. The fourth-order valence-electron chi connectivity index (χ4n) is 3.13. The van der Waals surface area contributed by atoms with Gasteiger partial charge in [-0.25, -0.2) is 9.78 Å². The van der Waals surface area contributed by atoms with Crippen molar-refractivity contribution < 1.29 is 9.90 Å². The van der Waals surface area contributed by atoms with Crippen LogP contribution >= 0.6 is 11.6 Å². The van der Waals surface area contributed by atoms with Crippen LogP contribution < -0.4 is 5.32 Å². The molecule has 0 spiro atoms. The first-order chi connectivity index (χ1) is 12.0. The maximum atomic E-state index is 12.4. The van der Waals surface area contributed by atoms with E-state index in [1.165, 1.54) is 0 Å². The molecule has 2 amide bonds. The van der Waals surface area contributed by atoms with E-state index < -0.39 is 0 Å². The number of nitrogens with zero attached hydrogens (tertiary/aromatic N) is 3. The van der Waals surface area contributed by atoms with Gasteiger partial charge in [-0.05, 0) is 31.0 Å². The topological polar surface area (TPSA) is 84.5 Å². The maximum Gasteiger partial charge on any atom is 0.317 e. The molecule has 8 heteroatoms. The first-order valence-corrected chi connectivity index (χ1v) is 8.92. The van der Waals surface area contributed by atoms with Crippen LogP contribution in [0, 0.1) is 0 Å². The van der Waals surface area contributed by atoms with Crippen LogP contribution in [0.15, 0.2) is 18.2 Å². The summed E-state index contributed by atoms with van der Waals surface area (Å²) in [4.78, 5) is 23.9. The molecule has 2 heterocycles. The predicted molar refractivity (Wildman–Crippen MR) is 97.7 cm³/mol. The number of imidazole rings is 1. The molecule has 25 heavy (non-hydrogen) atoms. The highest BCUT2D eigenvalue weighted by atomic mass is 35.5. The number of halogens is 1. The summed E-state index contributed by atoms with van der Waals surface area (Å²) in [7, 11) is 1.76. The number of hydrogen-bond acceptors (Lipinski definition) is 4. The number of carbonyl (C=O) groups is 1. The third-order valence-corrected chi connectivity index (χ3v) is 4.79. The molecule has 1 fully saturated rings. The number of likely N-dealkylation sites (tertiary alicyclic amines) is 1. The van der Waals surface area contributed by atoms with Gasteiger partial charge in [-0.3, -0.25) is 0 Å². The Balaban J connectivity index is 1.52. The van der Waals surface area contributed by atoms with Gasteiger partial charge in [0.2, 0.25) is 0 Å². The van der Waals surface area contributed by atoms with Crippen LogP contribution in [-0.2, 0) is 6.54 Å². The van der Waals surface area contributed by atoms with Crippen molar-refractivity contribution in [3.63, 3.8) is 0 Å². The Bertz CT molecular complexity index is 727. The third-order valence-electron chi connectivity index (χ3n) is 4.56. The second-order valence-electron chi connectivity index (χ2n) is 6.49. The maximum absolute atomic E-state index is 12.4. The molecule has 3 rings (SSSR count). The van der Waals surface area contributed by atoms with Crippen molar-refractivity contribution in [1.82, 2.24) is 25.1 Å². The quantitative estimate of drug-likeness (QED) is 0.754. The van der Waals surface area contributed by atoms with Gasteiger partial charge in [-0.15, -0.1) is 0 Å². The van der Waals surface area contributed by atoms with Crippen LogP contribution in [0.1, 0.15) is 18.7 Å². The lowest BCUT2D eigenvalue weighted by atomic mass is 10.1. The second-order valence-corrected chi connectivity index (χ2v) is 6.93. The molecule has 1 aromatic carbocycles. The molecule has 0 unspecified atom stereocenters. The van der Waals surface area contributed by atoms with E-state index in [1.807, 2.05) is 12.1 Å². The van der Waals surface area contributed by atoms with Gasteiger partial charge in [0.25, 0.3) is 0 Å². The Morgan fingerprint density at radius 3 is 2.96 bits per heavy atom. The van der Waals surface area contributed by atoms with Gasteiger partial charge in [0.15, 0.2) is 0 Å². The van der Waals surface area contributed by atoms with E-state index in [4.69, 9.17) is 16.7 Å². The first-order valence-electron chi connectivity index (χ1n) is 8.54. The lowest BCUT2D eigenvalue weighted by Crippen LogP contribution is -2.48. The highest BCUT2D eigenvalue weighted by Crippen LogP contribution is 2.18. The van der Waals surface area contributed by atoms with Crippen molar-refractivity contribution in [3.8, 4) is 0 Å². The summed E-state index contributed by atoms with van der Waals surface area (Å²) in [5.74, 6) is 0.729. The Morgan fingerprint density at radius 2 is 2.24 bits per heavy atom. The predicted octanol–water partition coefficient (Wildman–Crippen LogP) is 1.81. The van der Waals surface area contributed by atoms with E-state index in [-0.39, 0.29) is 18.7 Å². The molecule has 0 bridgehead atoms. The number of β-amino-alcohol motifs (C(OH)–C–C–N with tert-alkyl or cyclic N) is 1. The van der Waals surface area contributed by atoms with Gasteiger partial charge < -0.3 is 25.2 Å². The fourth-order valence-corrected chi connectivity index (χ4v) is 3.31. The van der Waals surface area contributed by atoms with Crippen molar-refractivity contribution in [2.45, 2.75) is 25.4 Å². The number of aliphatic hydroxyl groups is 1. The number of rotatable bonds is 5. The monoisotopic (exact) mass is 365 g/mol. The van der Waals surface area contributed by atoms with Gasteiger partial charge in [0.1, 0.15) is 5.82 Å². The number of amides is 2. The summed E-state index contributed by atoms with van der Waals surface area (Å²) in [5.41, 5.74) is 1.71. The van der Waals surface area contributed by atoms with Crippen molar-refractivity contribution >= 4 is 28.7 Å². The van der Waals surface area contributed by atoms with E-state index in [0.29, 0.717) is 18.1 Å². The normalized spacial score (nSPS) is 16.3. The number of piperidine rings is 1. The van der Waals surface area contributed by atoms with Gasteiger partial charge >= 0.3 is 6.03 Å². The average molecular weight is 366 g/mol. The molecular weight excluding hydrogens is 342 g/mol. The molecule has 1 aliphatic heterocycles. The molecule has 3 N–H and O–H groups in total. The number of fused-ring (bicyclic) bond motifs is 1. The van der Waals surface area contributed by atoms with E-state index in [9.17, 15) is 4.79 Å². The molecule has 0 saturated carbocycles. The summed E-state index contributed by atoms with van der Waals surface area (Å²) in [5, 5.41) is 12.7. The zero-order valence-corrected chi connectivity index (χ0v) is 15.1. The Hall–Kier alpha value is -1.83. The SMILES string of the molecule is CN(Cc1nc2ccc(Cl)cc2[nH]1)C(=O)NC1CCN(CCO)CC1. The number of hydrogen-bond donors (Lipinski definition) is 3. The summed E-state index contributed by atoms with van der Waals surface area (Å²) in [6.45, 7) is 3.10. The Kier molecular flexibility index (Phi) is 5.78. The molecule has 0 radical (unpaired) electrons. The third kappa shape index (κ3) is 4.62. The lowest BCUT2D eigenvalue weighted by molar-refractivity contribution is 0.151. The van der Waals surface area contributed by atoms with E-state index in [0.717, 1.165) is 42.8 Å². The molecule has 0 aliphatic carbocycles. The molecule has 0 atom stereocenters. The minimum absolute atomic E-state index is 0.0981. The van der Waals surface area contributed by atoms with Crippen LogP contribution in [0.25, 0.3) is 11.0 Å². The number of carbonyl (C=O) groups excluding carboxylic acids is 1.